The number of allylic oxidation sites excluding steroid dienone is 1. The molecule has 0 aromatic carbocycles. The van der Waals surface area contributed by atoms with Crippen molar-refractivity contribution < 1.29 is 0 Å². The monoisotopic (exact) mass is 221 g/mol. The van der Waals surface area contributed by atoms with Gasteiger partial charge in [-0.05, 0) is 62.7 Å². The molecule has 2 aliphatic rings. The van der Waals surface area contributed by atoms with E-state index >= 15 is 0 Å². The van der Waals surface area contributed by atoms with Gasteiger partial charge in [0.15, 0.2) is 0 Å². The third kappa shape index (κ3) is 2.20. The van der Waals surface area contributed by atoms with Crippen LogP contribution in [0, 0.1) is 17.8 Å². The first-order valence-electron chi connectivity index (χ1n) is 7.04. The summed E-state index contributed by atoms with van der Waals surface area (Å²) in [5.74, 6) is 2.56. The summed E-state index contributed by atoms with van der Waals surface area (Å²) < 4.78 is 0. The second-order valence-corrected chi connectivity index (χ2v) is 6.18. The van der Waals surface area contributed by atoms with Gasteiger partial charge in [-0.2, -0.15) is 0 Å². The number of fused-ring (bicyclic) bond motifs is 1. The highest BCUT2D eigenvalue weighted by Gasteiger charge is 2.40. The normalized spacial score (nSPS) is 44.2. The van der Waals surface area contributed by atoms with Gasteiger partial charge in [-0.1, -0.05) is 26.0 Å². The van der Waals surface area contributed by atoms with Crippen molar-refractivity contribution in [2.24, 2.45) is 23.5 Å². The molecule has 2 fully saturated rings. The van der Waals surface area contributed by atoms with Crippen LogP contribution >= 0.6 is 0 Å². The zero-order valence-corrected chi connectivity index (χ0v) is 11.0. The number of hydrogen-bond donors (Lipinski definition) is 1. The lowest BCUT2D eigenvalue weighted by atomic mass is 9.61. The molecule has 92 valence electrons. The molecule has 2 saturated carbocycles. The number of nitrogens with two attached hydrogens (primary N) is 1. The molecule has 4 atom stereocenters. The molecule has 0 spiro atoms. The molecular formula is C15H27N. The molecule has 2 N–H and O–H groups in total. The fourth-order valence-electron chi connectivity index (χ4n) is 3.86. The first-order chi connectivity index (χ1) is 7.58. The Morgan fingerprint density at radius 2 is 2.12 bits per heavy atom. The second-order valence-electron chi connectivity index (χ2n) is 6.18. The molecule has 1 heteroatoms. The molecule has 4 unspecified atom stereocenters. The largest absolute Gasteiger partial charge is 0.325 e. The van der Waals surface area contributed by atoms with Gasteiger partial charge < -0.3 is 5.73 Å². The SMILES string of the molecule is C=C1CC2CCC(N)(CC)CC2CC1CC. The maximum absolute atomic E-state index is 6.46. The average molecular weight is 221 g/mol. The summed E-state index contributed by atoms with van der Waals surface area (Å²) >= 11 is 0. The van der Waals surface area contributed by atoms with Crippen LogP contribution in [0.25, 0.3) is 0 Å². The van der Waals surface area contributed by atoms with Gasteiger partial charge in [-0.15, -0.1) is 0 Å². The van der Waals surface area contributed by atoms with Crippen molar-refractivity contribution in [2.75, 3.05) is 0 Å². The van der Waals surface area contributed by atoms with Crippen LogP contribution in [0.5, 0.6) is 0 Å². The van der Waals surface area contributed by atoms with E-state index in [0.717, 1.165) is 24.2 Å². The predicted octanol–water partition coefficient (Wildman–Crippen LogP) is 3.89. The van der Waals surface area contributed by atoms with Gasteiger partial charge in [0.05, 0.1) is 0 Å². The Bertz CT molecular complexity index is 271. The highest BCUT2D eigenvalue weighted by molar-refractivity contribution is 5.09. The zero-order valence-electron chi connectivity index (χ0n) is 11.0. The highest BCUT2D eigenvalue weighted by atomic mass is 14.7. The Kier molecular flexibility index (Phi) is 3.44. The minimum atomic E-state index is 0.151. The fourth-order valence-corrected chi connectivity index (χ4v) is 3.86. The van der Waals surface area contributed by atoms with E-state index in [2.05, 4.69) is 20.4 Å². The van der Waals surface area contributed by atoms with Gasteiger partial charge in [0.2, 0.25) is 0 Å². The molecular weight excluding hydrogens is 194 g/mol. The van der Waals surface area contributed by atoms with E-state index in [4.69, 9.17) is 5.73 Å². The lowest BCUT2D eigenvalue weighted by Gasteiger charge is -2.47. The smallest absolute Gasteiger partial charge is 0.0154 e. The molecule has 0 heterocycles. The Balaban J connectivity index is 2.04. The van der Waals surface area contributed by atoms with Crippen LogP contribution in [0.2, 0.25) is 0 Å². The first-order valence-corrected chi connectivity index (χ1v) is 7.04. The molecule has 2 aliphatic carbocycles. The van der Waals surface area contributed by atoms with E-state index in [-0.39, 0.29) is 5.54 Å². The molecule has 2 rings (SSSR count). The van der Waals surface area contributed by atoms with Crippen LogP contribution in [0.4, 0.5) is 0 Å². The van der Waals surface area contributed by atoms with Crippen molar-refractivity contribution in [3.8, 4) is 0 Å². The third-order valence-electron chi connectivity index (χ3n) is 5.23. The molecule has 16 heavy (non-hydrogen) atoms. The van der Waals surface area contributed by atoms with Crippen molar-refractivity contribution >= 4 is 0 Å². The maximum atomic E-state index is 6.46. The standard InChI is InChI=1S/C15H27N/c1-4-12-9-14-10-15(16,5-2)7-6-13(14)8-11(12)3/h12-14H,3-10,16H2,1-2H3. The summed E-state index contributed by atoms with van der Waals surface area (Å²) in [5, 5.41) is 0. The quantitative estimate of drug-likeness (QED) is 0.703. The summed E-state index contributed by atoms with van der Waals surface area (Å²) in [6, 6.07) is 0. The molecule has 0 radical (unpaired) electrons. The Morgan fingerprint density at radius 3 is 2.75 bits per heavy atom. The van der Waals surface area contributed by atoms with E-state index in [1.54, 1.807) is 0 Å². The average Bonchev–Trinajstić information content (AvgIpc) is 2.29. The van der Waals surface area contributed by atoms with Crippen LogP contribution in [-0.4, -0.2) is 5.54 Å². The van der Waals surface area contributed by atoms with E-state index < -0.39 is 0 Å². The zero-order chi connectivity index (χ0) is 11.8. The van der Waals surface area contributed by atoms with E-state index in [0.29, 0.717) is 0 Å². The summed E-state index contributed by atoms with van der Waals surface area (Å²) in [6.07, 6.45) is 8.89. The molecule has 1 nitrogen and oxygen atoms in total. The first kappa shape index (κ1) is 12.2. The number of hydrogen-bond acceptors (Lipinski definition) is 1. The predicted molar refractivity (Wildman–Crippen MR) is 70.2 cm³/mol. The summed E-state index contributed by atoms with van der Waals surface area (Å²) in [4.78, 5) is 0. The topological polar surface area (TPSA) is 26.0 Å². The van der Waals surface area contributed by atoms with Crippen LogP contribution < -0.4 is 5.73 Å². The van der Waals surface area contributed by atoms with Crippen LogP contribution in [0.15, 0.2) is 12.2 Å². The number of rotatable bonds is 2. The van der Waals surface area contributed by atoms with Crippen LogP contribution in [0.3, 0.4) is 0 Å². The summed E-state index contributed by atoms with van der Waals surface area (Å²) in [5.41, 5.74) is 8.13. The molecule has 0 aromatic heterocycles. The molecule has 0 aromatic rings. The summed E-state index contributed by atoms with van der Waals surface area (Å²) in [7, 11) is 0. The van der Waals surface area contributed by atoms with Crippen molar-refractivity contribution in [3.05, 3.63) is 12.2 Å². The lowest BCUT2D eigenvalue weighted by molar-refractivity contribution is 0.106. The fraction of sp³-hybridized carbons (Fsp3) is 0.867. The van der Waals surface area contributed by atoms with E-state index in [9.17, 15) is 0 Å². The van der Waals surface area contributed by atoms with Crippen molar-refractivity contribution in [2.45, 2.75) is 64.3 Å². The van der Waals surface area contributed by atoms with Crippen molar-refractivity contribution in [3.63, 3.8) is 0 Å². The minimum absolute atomic E-state index is 0.151. The van der Waals surface area contributed by atoms with Crippen molar-refractivity contribution in [1.29, 1.82) is 0 Å². The van der Waals surface area contributed by atoms with E-state index in [1.807, 2.05) is 0 Å². The van der Waals surface area contributed by atoms with Gasteiger partial charge in [0, 0.05) is 5.54 Å². The molecule has 0 saturated heterocycles. The van der Waals surface area contributed by atoms with E-state index in [1.165, 1.54) is 44.1 Å². The second kappa shape index (κ2) is 4.52. The molecule has 0 bridgehead atoms. The highest BCUT2D eigenvalue weighted by Crippen LogP contribution is 2.48. The Labute approximate surface area is 100 Å². The van der Waals surface area contributed by atoms with Gasteiger partial charge >= 0.3 is 0 Å². The maximum Gasteiger partial charge on any atom is 0.0154 e. The molecule has 0 amide bonds. The van der Waals surface area contributed by atoms with Gasteiger partial charge in [0.25, 0.3) is 0 Å². The van der Waals surface area contributed by atoms with Crippen LogP contribution in [0.1, 0.15) is 58.8 Å². The Morgan fingerprint density at radius 1 is 1.38 bits per heavy atom. The molecule has 0 aliphatic heterocycles. The lowest BCUT2D eigenvalue weighted by Crippen LogP contribution is -2.47. The third-order valence-corrected chi connectivity index (χ3v) is 5.23. The Hall–Kier alpha value is -0.300. The van der Waals surface area contributed by atoms with Gasteiger partial charge in [-0.25, -0.2) is 0 Å². The van der Waals surface area contributed by atoms with Crippen LogP contribution in [-0.2, 0) is 0 Å². The minimum Gasteiger partial charge on any atom is -0.325 e. The van der Waals surface area contributed by atoms with Crippen molar-refractivity contribution in [1.82, 2.24) is 0 Å². The van der Waals surface area contributed by atoms with Gasteiger partial charge in [-0.3, -0.25) is 0 Å². The summed E-state index contributed by atoms with van der Waals surface area (Å²) in [6.45, 7) is 8.83. The van der Waals surface area contributed by atoms with Gasteiger partial charge in [0.1, 0.15) is 0 Å².